The Morgan fingerprint density at radius 1 is 0.619 bits per heavy atom. The fourth-order valence-electron chi connectivity index (χ4n) is 6.08. The first-order valence-corrected chi connectivity index (χ1v) is 15.2. The second-order valence-corrected chi connectivity index (χ2v) is 13.0. The zero-order valence-electron chi connectivity index (χ0n) is 23.8. The molecule has 0 saturated heterocycles. The molecule has 3 aromatic heterocycles. The van der Waals surface area contributed by atoms with Crippen LogP contribution in [0.1, 0.15) is 26.3 Å². The smallest absolute Gasteiger partial charge is 0.235 e. The zero-order chi connectivity index (χ0) is 28.4. The second kappa shape index (κ2) is 9.37. The third-order valence-corrected chi connectivity index (χ3v) is 9.50. The molecular weight excluding hydrogens is 531 g/mol. The van der Waals surface area contributed by atoms with Gasteiger partial charge in [-0.1, -0.05) is 112 Å². The van der Waals surface area contributed by atoms with E-state index in [0.29, 0.717) is 5.95 Å². The van der Waals surface area contributed by atoms with Gasteiger partial charge in [-0.3, -0.25) is 4.57 Å². The highest BCUT2D eigenvalue weighted by atomic mass is 32.1. The molecule has 0 spiro atoms. The number of thiophene rings is 1. The summed E-state index contributed by atoms with van der Waals surface area (Å²) in [5.74, 6) is 0.678. The molecule has 4 heteroatoms. The second-order valence-electron chi connectivity index (χ2n) is 11.9. The highest BCUT2D eigenvalue weighted by Crippen LogP contribution is 2.40. The average Bonchev–Trinajstić information content (AvgIpc) is 3.56. The van der Waals surface area contributed by atoms with Crippen molar-refractivity contribution in [3.8, 4) is 28.3 Å². The maximum atomic E-state index is 5.21. The molecule has 202 valence electrons. The van der Waals surface area contributed by atoms with E-state index >= 15 is 0 Å². The van der Waals surface area contributed by atoms with Crippen LogP contribution in [0.2, 0.25) is 0 Å². The number of para-hydroxylation sites is 1. The van der Waals surface area contributed by atoms with Crippen molar-refractivity contribution in [2.45, 2.75) is 26.2 Å². The number of aromatic nitrogens is 3. The first-order valence-electron chi connectivity index (χ1n) is 14.3. The number of benzene rings is 5. The molecule has 0 aliphatic heterocycles. The third-order valence-electron chi connectivity index (χ3n) is 8.28. The minimum absolute atomic E-state index is 0.122. The monoisotopic (exact) mass is 559 g/mol. The van der Waals surface area contributed by atoms with Gasteiger partial charge in [-0.25, -0.2) is 9.97 Å². The molecule has 8 aromatic rings. The molecule has 8 rings (SSSR count). The van der Waals surface area contributed by atoms with Gasteiger partial charge >= 0.3 is 0 Å². The van der Waals surface area contributed by atoms with Crippen LogP contribution in [0.5, 0.6) is 0 Å². The topological polar surface area (TPSA) is 30.7 Å². The summed E-state index contributed by atoms with van der Waals surface area (Å²) in [5.41, 5.74) is 8.11. The average molecular weight is 560 g/mol. The van der Waals surface area contributed by atoms with Gasteiger partial charge in [-0.05, 0) is 46.4 Å². The Bertz CT molecular complexity index is 2280. The molecule has 0 radical (unpaired) electrons. The molecule has 0 unspecified atom stereocenters. The van der Waals surface area contributed by atoms with Crippen molar-refractivity contribution >= 4 is 53.3 Å². The Labute approximate surface area is 248 Å². The minimum atomic E-state index is 0.122. The Hall–Kier alpha value is -4.80. The lowest BCUT2D eigenvalue weighted by Gasteiger charge is -2.19. The molecule has 42 heavy (non-hydrogen) atoms. The van der Waals surface area contributed by atoms with Crippen molar-refractivity contribution in [1.29, 1.82) is 0 Å². The molecule has 0 fully saturated rings. The molecule has 3 heterocycles. The highest BCUT2D eigenvalue weighted by molar-refractivity contribution is 7.26. The van der Waals surface area contributed by atoms with Crippen molar-refractivity contribution in [2.24, 2.45) is 0 Å². The largest absolute Gasteiger partial charge is 0.278 e. The molecule has 0 atom stereocenters. The van der Waals surface area contributed by atoms with Crippen LogP contribution in [-0.2, 0) is 5.41 Å². The van der Waals surface area contributed by atoms with Crippen molar-refractivity contribution in [1.82, 2.24) is 14.5 Å². The number of rotatable bonds is 3. The van der Waals surface area contributed by atoms with Gasteiger partial charge in [0, 0.05) is 42.7 Å². The van der Waals surface area contributed by atoms with E-state index in [2.05, 4.69) is 135 Å². The summed E-state index contributed by atoms with van der Waals surface area (Å²) in [4.78, 5) is 10.0. The van der Waals surface area contributed by atoms with Gasteiger partial charge in [0.2, 0.25) is 5.95 Å². The van der Waals surface area contributed by atoms with Gasteiger partial charge in [0.15, 0.2) is 0 Å². The molecule has 5 aromatic carbocycles. The van der Waals surface area contributed by atoms with Crippen LogP contribution in [0.25, 0.3) is 70.3 Å². The Morgan fingerprint density at radius 2 is 1.33 bits per heavy atom. The molecule has 0 N–H and O–H groups in total. The maximum absolute atomic E-state index is 5.21. The van der Waals surface area contributed by atoms with E-state index in [4.69, 9.17) is 9.97 Å². The fraction of sp³-hybridized carbons (Fsp3) is 0.105. The van der Waals surface area contributed by atoms with Crippen molar-refractivity contribution < 1.29 is 0 Å². The van der Waals surface area contributed by atoms with Crippen LogP contribution in [-0.4, -0.2) is 14.5 Å². The van der Waals surface area contributed by atoms with Gasteiger partial charge in [0.25, 0.3) is 0 Å². The highest BCUT2D eigenvalue weighted by Gasteiger charge is 2.18. The van der Waals surface area contributed by atoms with Gasteiger partial charge in [-0.2, -0.15) is 0 Å². The van der Waals surface area contributed by atoms with Crippen LogP contribution in [0.15, 0.2) is 121 Å². The lowest BCUT2D eigenvalue weighted by Crippen LogP contribution is -2.10. The van der Waals surface area contributed by atoms with E-state index in [9.17, 15) is 0 Å². The standard InChI is InChI=1S/C38H29N3S/c1-38(2,3)26-18-15-24(16-19-26)25-17-20-28-27-9-4-6-13-33(27)41(34(28)23-25)37-39-22-21-32(40-37)31-12-8-11-30-29-10-5-7-14-35(29)42-36(30)31/h4-23H,1-3H3. The van der Waals surface area contributed by atoms with Gasteiger partial charge in [-0.15, -0.1) is 11.3 Å². The summed E-state index contributed by atoms with van der Waals surface area (Å²) < 4.78 is 4.76. The van der Waals surface area contributed by atoms with Crippen LogP contribution >= 0.6 is 11.3 Å². The lowest BCUT2D eigenvalue weighted by atomic mass is 9.86. The Balaban J connectivity index is 1.32. The third kappa shape index (κ3) is 3.94. The number of nitrogens with zero attached hydrogens (tertiary/aromatic N) is 3. The molecule has 0 bridgehead atoms. The zero-order valence-corrected chi connectivity index (χ0v) is 24.6. The Kier molecular flexibility index (Phi) is 5.56. The van der Waals surface area contributed by atoms with Crippen molar-refractivity contribution in [3.05, 3.63) is 127 Å². The van der Waals surface area contributed by atoms with Crippen molar-refractivity contribution in [2.75, 3.05) is 0 Å². The minimum Gasteiger partial charge on any atom is -0.278 e. The van der Waals surface area contributed by atoms with E-state index in [1.807, 2.05) is 23.6 Å². The maximum Gasteiger partial charge on any atom is 0.235 e. The summed E-state index contributed by atoms with van der Waals surface area (Å²) in [6.45, 7) is 6.76. The molecule has 0 saturated carbocycles. The molecular formula is C38H29N3S. The molecule has 3 nitrogen and oxygen atoms in total. The van der Waals surface area contributed by atoms with Crippen LogP contribution in [0, 0.1) is 0 Å². The lowest BCUT2D eigenvalue weighted by molar-refractivity contribution is 0.590. The van der Waals surface area contributed by atoms with Crippen LogP contribution in [0.4, 0.5) is 0 Å². The Morgan fingerprint density at radius 3 is 2.17 bits per heavy atom. The fourth-order valence-corrected chi connectivity index (χ4v) is 7.31. The summed E-state index contributed by atoms with van der Waals surface area (Å²) in [6, 6.07) is 41.4. The summed E-state index contributed by atoms with van der Waals surface area (Å²) in [7, 11) is 0. The van der Waals surface area contributed by atoms with E-state index in [-0.39, 0.29) is 5.41 Å². The first-order chi connectivity index (χ1) is 20.5. The van der Waals surface area contributed by atoms with Gasteiger partial charge in [0.1, 0.15) is 0 Å². The SMILES string of the molecule is CC(C)(C)c1ccc(-c2ccc3c4ccccc4n(-c4nccc(-c5cccc6c5sc5ccccc56)n4)c3c2)cc1. The number of fused-ring (bicyclic) bond motifs is 6. The predicted molar refractivity (Wildman–Crippen MR) is 179 cm³/mol. The molecule has 0 aliphatic rings. The van der Waals surface area contributed by atoms with E-state index in [1.54, 1.807) is 0 Å². The van der Waals surface area contributed by atoms with Crippen LogP contribution in [0.3, 0.4) is 0 Å². The predicted octanol–water partition coefficient (Wildman–Crippen LogP) is 10.6. The van der Waals surface area contributed by atoms with E-state index < -0.39 is 0 Å². The van der Waals surface area contributed by atoms with E-state index in [0.717, 1.165) is 22.3 Å². The van der Waals surface area contributed by atoms with Crippen LogP contribution < -0.4 is 0 Å². The summed E-state index contributed by atoms with van der Waals surface area (Å²) >= 11 is 1.83. The van der Waals surface area contributed by atoms with Gasteiger partial charge < -0.3 is 0 Å². The summed E-state index contributed by atoms with van der Waals surface area (Å²) in [6.07, 6.45) is 1.89. The van der Waals surface area contributed by atoms with Crippen molar-refractivity contribution in [3.63, 3.8) is 0 Å². The van der Waals surface area contributed by atoms with Gasteiger partial charge in [0.05, 0.1) is 16.7 Å². The quantitative estimate of drug-likeness (QED) is 0.216. The molecule has 0 amide bonds. The number of hydrogen-bond acceptors (Lipinski definition) is 3. The normalized spacial score (nSPS) is 12.2. The number of hydrogen-bond donors (Lipinski definition) is 0. The molecule has 0 aliphatic carbocycles. The summed E-state index contributed by atoms with van der Waals surface area (Å²) in [5, 5.41) is 4.95. The van der Waals surface area contributed by atoms with E-state index in [1.165, 1.54) is 47.6 Å². The first kappa shape index (κ1) is 25.0.